The summed E-state index contributed by atoms with van der Waals surface area (Å²) >= 11 is 0. The van der Waals surface area contributed by atoms with E-state index in [1.54, 1.807) is 0 Å². The minimum absolute atomic E-state index is 0.183. The summed E-state index contributed by atoms with van der Waals surface area (Å²) < 4.78 is 32.7. The summed E-state index contributed by atoms with van der Waals surface area (Å²) in [6, 6.07) is 0. The van der Waals surface area contributed by atoms with Gasteiger partial charge in [-0.15, -0.1) is 0 Å². The first kappa shape index (κ1) is 51.7. The van der Waals surface area contributed by atoms with Gasteiger partial charge in [-0.25, -0.2) is 4.57 Å². The van der Waals surface area contributed by atoms with E-state index >= 15 is 0 Å². The van der Waals surface area contributed by atoms with Crippen LogP contribution in [0.3, 0.4) is 0 Å². The van der Waals surface area contributed by atoms with Crippen LogP contribution in [0.4, 0.5) is 0 Å². The smallest absolute Gasteiger partial charge is 0.462 e. The van der Waals surface area contributed by atoms with E-state index in [0.29, 0.717) is 12.8 Å². The molecule has 1 unspecified atom stereocenters. The average molecular weight is 777 g/mol. The molecule has 0 aromatic heterocycles. The fraction of sp³-hybridized carbons (Fsp3) is 0.905. The lowest BCUT2D eigenvalue weighted by Crippen LogP contribution is -2.29. The highest BCUT2D eigenvalue weighted by atomic mass is 31.2. The van der Waals surface area contributed by atoms with Crippen molar-refractivity contribution < 1.29 is 47.8 Å². The second-order valence-electron chi connectivity index (χ2n) is 14.7. The Hall–Kier alpha value is -1.29. The largest absolute Gasteiger partial charge is 0.472 e. The van der Waals surface area contributed by atoms with E-state index in [4.69, 9.17) is 19.1 Å². The minimum Gasteiger partial charge on any atom is -0.462 e. The van der Waals surface area contributed by atoms with Gasteiger partial charge in [-0.3, -0.25) is 18.6 Å². The molecule has 0 heterocycles. The van der Waals surface area contributed by atoms with Crippen LogP contribution in [0.25, 0.3) is 0 Å². The Morgan fingerprint density at radius 1 is 0.547 bits per heavy atom. The van der Waals surface area contributed by atoms with Crippen LogP contribution < -0.4 is 0 Å². The zero-order valence-corrected chi connectivity index (χ0v) is 34.9. The molecule has 0 aliphatic rings. The molecule has 53 heavy (non-hydrogen) atoms. The summed E-state index contributed by atoms with van der Waals surface area (Å²) in [6.45, 7) is 2.39. The summed E-state index contributed by atoms with van der Waals surface area (Å²) in [5.74, 6) is -0.920. The molecule has 0 bridgehead atoms. The van der Waals surface area contributed by atoms with Gasteiger partial charge in [0.2, 0.25) is 0 Å². The molecule has 3 atom stereocenters. The van der Waals surface area contributed by atoms with E-state index in [1.165, 1.54) is 122 Å². The van der Waals surface area contributed by atoms with Crippen LogP contribution in [0.2, 0.25) is 0 Å². The normalized spacial score (nSPS) is 14.0. The first-order valence-electron chi connectivity index (χ1n) is 21.6. The molecule has 0 aromatic rings. The van der Waals surface area contributed by atoms with Crippen molar-refractivity contribution in [3.63, 3.8) is 0 Å². The van der Waals surface area contributed by atoms with Crippen molar-refractivity contribution in [3.8, 4) is 0 Å². The standard InChI is InChI=1S/C42H81O10P/c1-3-5-7-9-11-13-15-17-19-21-23-25-27-29-31-33-41(45)49-37-40(38-51-53(47,48)50-36-39(44)35-43)52-42(46)34-32-30-28-26-24-22-20-18-16-14-12-10-8-6-4-2/h14,16,39-40,43-44H,3-13,15,17-38H2,1-2H3,(H,47,48)/b16-14-/t39-,40+/m0/s1. The van der Waals surface area contributed by atoms with Crippen molar-refractivity contribution in [3.05, 3.63) is 12.2 Å². The molecule has 314 valence electrons. The monoisotopic (exact) mass is 777 g/mol. The second kappa shape index (κ2) is 39.0. The molecule has 0 aliphatic carbocycles. The number of aliphatic hydroxyl groups is 2. The maximum atomic E-state index is 12.6. The van der Waals surface area contributed by atoms with E-state index in [0.717, 1.165) is 44.9 Å². The maximum Gasteiger partial charge on any atom is 0.472 e. The molecule has 0 radical (unpaired) electrons. The van der Waals surface area contributed by atoms with Crippen LogP contribution in [0, 0.1) is 0 Å². The zero-order valence-electron chi connectivity index (χ0n) is 34.0. The zero-order chi connectivity index (χ0) is 39.1. The number of carbonyl (C=O) groups excluding carboxylic acids is 2. The number of allylic oxidation sites excluding steroid dienone is 2. The van der Waals surface area contributed by atoms with E-state index in [1.807, 2.05) is 0 Å². The molecule has 0 fully saturated rings. The van der Waals surface area contributed by atoms with Gasteiger partial charge < -0.3 is 24.6 Å². The number of rotatable bonds is 41. The van der Waals surface area contributed by atoms with Gasteiger partial charge in [0.25, 0.3) is 0 Å². The van der Waals surface area contributed by atoms with Crippen molar-refractivity contribution in [2.45, 2.75) is 219 Å². The number of aliphatic hydroxyl groups excluding tert-OH is 2. The number of hydrogen-bond donors (Lipinski definition) is 3. The number of ether oxygens (including phenoxy) is 2. The quantitative estimate of drug-likeness (QED) is 0.0237. The Balaban J connectivity index is 4.27. The highest BCUT2D eigenvalue weighted by Gasteiger charge is 2.27. The van der Waals surface area contributed by atoms with Crippen molar-refractivity contribution in [2.24, 2.45) is 0 Å². The summed E-state index contributed by atoms with van der Waals surface area (Å²) in [5.41, 5.74) is 0. The van der Waals surface area contributed by atoms with Crippen LogP contribution in [0.5, 0.6) is 0 Å². The van der Waals surface area contributed by atoms with Crippen LogP contribution in [-0.4, -0.2) is 65.7 Å². The summed E-state index contributed by atoms with van der Waals surface area (Å²) in [4.78, 5) is 35.0. The lowest BCUT2D eigenvalue weighted by molar-refractivity contribution is -0.161. The van der Waals surface area contributed by atoms with Crippen molar-refractivity contribution in [1.29, 1.82) is 0 Å². The third kappa shape index (κ3) is 38.8. The van der Waals surface area contributed by atoms with Gasteiger partial charge in [0.15, 0.2) is 6.10 Å². The number of unbranched alkanes of at least 4 members (excludes halogenated alkanes) is 25. The molecule has 10 nitrogen and oxygen atoms in total. The van der Waals surface area contributed by atoms with E-state index in [2.05, 4.69) is 30.5 Å². The molecule has 0 amide bonds. The lowest BCUT2D eigenvalue weighted by Gasteiger charge is -2.20. The van der Waals surface area contributed by atoms with Crippen molar-refractivity contribution in [2.75, 3.05) is 26.4 Å². The number of phosphoric ester groups is 1. The number of carbonyl (C=O) groups is 2. The minimum atomic E-state index is -4.61. The van der Waals surface area contributed by atoms with Crippen LogP contribution in [0.1, 0.15) is 206 Å². The van der Waals surface area contributed by atoms with E-state index < -0.39 is 51.8 Å². The van der Waals surface area contributed by atoms with Gasteiger partial charge >= 0.3 is 19.8 Å². The van der Waals surface area contributed by atoms with Gasteiger partial charge in [0.05, 0.1) is 19.8 Å². The number of hydrogen-bond acceptors (Lipinski definition) is 9. The summed E-state index contributed by atoms with van der Waals surface area (Å²) in [5, 5.41) is 18.3. The Labute approximate surface area is 324 Å². The van der Waals surface area contributed by atoms with E-state index in [9.17, 15) is 24.2 Å². The van der Waals surface area contributed by atoms with Gasteiger partial charge in [-0.2, -0.15) is 0 Å². The van der Waals surface area contributed by atoms with Gasteiger partial charge in [-0.05, 0) is 38.5 Å². The molecule has 0 saturated carbocycles. The fourth-order valence-corrected chi connectivity index (χ4v) is 6.84. The van der Waals surface area contributed by atoms with Gasteiger partial charge in [0, 0.05) is 12.8 Å². The highest BCUT2D eigenvalue weighted by Crippen LogP contribution is 2.43. The predicted molar refractivity (Wildman–Crippen MR) is 215 cm³/mol. The van der Waals surface area contributed by atoms with Gasteiger partial charge in [-0.1, -0.05) is 167 Å². The Bertz CT molecular complexity index is 899. The first-order chi connectivity index (χ1) is 25.7. The third-order valence-corrected chi connectivity index (χ3v) is 10.4. The first-order valence-corrected chi connectivity index (χ1v) is 23.1. The molecule has 0 aromatic carbocycles. The van der Waals surface area contributed by atoms with Crippen LogP contribution >= 0.6 is 7.82 Å². The highest BCUT2D eigenvalue weighted by molar-refractivity contribution is 7.47. The van der Waals surface area contributed by atoms with Crippen LogP contribution in [-0.2, 0) is 32.7 Å². The Morgan fingerprint density at radius 3 is 1.38 bits per heavy atom. The fourth-order valence-electron chi connectivity index (χ4n) is 6.05. The van der Waals surface area contributed by atoms with Crippen molar-refractivity contribution in [1.82, 2.24) is 0 Å². The molecule has 0 aliphatic heterocycles. The predicted octanol–water partition coefficient (Wildman–Crippen LogP) is 11.2. The second-order valence-corrected chi connectivity index (χ2v) is 16.2. The number of esters is 2. The Kier molecular flexibility index (Phi) is 38.0. The molecule has 0 rings (SSSR count). The molecule has 0 spiro atoms. The molecular formula is C42H81O10P. The number of phosphoric acid groups is 1. The summed E-state index contributed by atoms with van der Waals surface area (Å²) in [6.07, 6.45) is 36.0. The molecular weight excluding hydrogens is 695 g/mol. The molecule has 0 saturated heterocycles. The van der Waals surface area contributed by atoms with Crippen LogP contribution in [0.15, 0.2) is 12.2 Å². The average Bonchev–Trinajstić information content (AvgIpc) is 3.14. The molecule has 3 N–H and O–H groups in total. The SMILES string of the molecule is CCCCCC/C=C\CCCCCCCCCC(=O)O[C@H](COC(=O)CCCCCCCCCCCCCCCCC)COP(=O)(O)OC[C@@H](O)CO. The van der Waals surface area contributed by atoms with Gasteiger partial charge in [0.1, 0.15) is 12.7 Å². The van der Waals surface area contributed by atoms with E-state index in [-0.39, 0.29) is 19.4 Å². The molecule has 11 heteroatoms. The topological polar surface area (TPSA) is 149 Å². The lowest BCUT2D eigenvalue weighted by atomic mass is 10.0. The Morgan fingerprint density at radius 2 is 0.925 bits per heavy atom. The summed E-state index contributed by atoms with van der Waals surface area (Å²) in [7, 11) is -4.61. The third-order valence-electron chi connectivity index (χ3n) is 9.42. The van der Waals surface area contributed by atoms with Crippen molar-refractivity contribution >= 4 is 19.8 Å². The maximum absolute atomic E-state index is 12.6.